The smallest absolute Gasteiger partial charge is 0.332 e. The van der Waals surface area contributed by atoms with E-state index in [1.165, 1.54) is 0 Å². The molecule has 0 saturated carbocycles. The minimum Gasteiger partial charge on any atom is -0.383 e. The zero-order valence-electron chi connectivity index (χ0n) is 8.79. The normalized spacial score (nSPS) is 27.7. The van der Waals surface area contributed by atoms with E-state index in [0.29, 0.717) is 0 Å². The predicted molar refractivity (Wildman–Crippen MR) is 46.5 cm³/mol. The van der Waals surface area contributed by atoms with Crippen molar-refractivity contribution >= 4 is 5.78 Å². The van der Waals surface area contributed by atoms with Gasteiger partial charge < -0.3 is 14.6 Å². The van der Waals surface area contributed by atoms with Crippen molar-refractivity contribution in [3.05, 3.63) is 0 Å². The van der Waals surface area contributed by atoms with Gasteiger partial charge >= 0.3 is 5.92 Å². The molecule has 0 aromatic carbocycles. The highest BCUT2D eigenvalue weighted by molar-refractivity contribution is 5.83. The van der Waals surface area contributed by atoms with Gasteiger partial charge in [-0.3, -0.25) is 4.79 Å². The maximum atomic E-state index is 13.1. The first kappa shape index (κ1) is 12.5. The topological polar surface area (TPSA) is 55.8 Å². The number of ketones is 1. The maximum absolute atomic E-state index is 13.1. The van der Waals surface area contributed by atoms with Crippen LogP contribution in [-0.4, -0.2) is 41.4 Å². The Bertz CT molecular complexity index is 265. The number of hydrogen-bond donors (Lipinski definition) is 1. The van der Waals surface area contributed by atoms with Gasteiger partial charge in [0.25, 0.3) is 0 Å². The summed E-state index contributed by atoms with van der Waals surface area (Å²) < 4.78 is 36.3. The summed E-state index contributed by atoms with van der Waals surface area (Å²) in [6, 6.07) is 0. The van der Waals surface area contributed by atoms with Crippen molar-refractivity contribution < 1.29 is 28.2 Å². The fourth-order valence-electron chi connectivity index (χ4n) is 1.31. The van der Waals surface area contributed by atoms with Gasteiger partial charge in [-0.2, -0.15) is 8.78 Å². The summed E-state index contributed by atoms with van der Waals surface area (Å²) in [6.45, 7) is 3.67. The summed E-state index contributed by atoms with van der Waals surface area (Å²) >= 11 is 0. The third-order valence-corrected chi connectivity index (χ3v) is 2.22. The van der Waals surface area contributed by atoms with E-state index in [1.807, 2.05) is 0 Å². The second kappa shape index (κ2) is 3.77. The summed E-state index contributed by atoms with van der Waals surface area (Å²) in [7, 11) is 0. The van der Waals surface area contributed by atoms with Gasteiger partial charge in [-0.1, -0.05) is 0 Å². The second-order valence-corrected chi connectivity index (χ2v) is 3.99. The molecular weight excluding hydrogens is 210 g/mol. The van der Waals surface area contributed by atoms with Crippen molar-refractivity contribution in [2.75, 3.05) is 6.61 Å². The van der Waals surface area contributed by atoms with E-state index in [1.54, 1.807) is 13.8 Å². The van der Waals surface area contributed by atoms with Crippen LogP contribution in [0, 0.1) is 0 Å². The molecule has 0 aromatic heterocycles. The van der Waals surface area contributed by atoms with Gasteiger partial charge in [-0.15, -0.1) is 0 Å². The number of ether oxygens (including phenoxy) is 2. The van der Waals surface area contributed by atoms with Gasteiger partial charge in [0.15, 0.2) is 11.9 Å². The van der Waals surface area contributed by atoms with Gasteiger partial charge in [-0.05, 0) is 13.8 Å². The molecule has 1 saturated heterocycles. The molecule has 0 amide bonds. The summed E-state index contributed by atoms with van der Waals surface area (Å²) in [6.07, 6.45) is -3.35. The van der Waals surface area contributed by atoms with Crippen LogP contribution in [0.2, 0.25) is 0 Å². The first-order valence-corrected chi connectivity index (χ1v) is 4.55. The van der Waals surface area contributed by atoms with E-state index >= 15 is 0 Å². The molecule has 1 N–H and O–H groups in total. The van der Waals surface area contributed by atoms with Crippen molar-refractivity contribution in [1.82, 2.24) is 0 Å². The van der Waals surface area contributed by atoms with Crippen LogP contribution >= 0.6 is 0 Å². The lowest BCUT2D eigenvalue weighted by Gasteiger charge is -2.25. The zero-order valence-corrected chi connectivity index (χ0v) is 8.79. The third kappa shape index (κ3) is 2.50. The van der Waals surface area contributed by atoms with Crippen molar-refractivity contribution in [1.29, 1.82) is 0 Å². The van der Waals surface area contributed by atoms with E-state index < -0.39 is 29.7 Å². The van der Waals surface area contributed by atoms with Crippen LogP contribution in [-0.2, 0) is 14.3 Å². The second-order valence-electron chi connectivity index (χ2n) is 3.99. The van der Waals surface area contributed by atoms with Crippen LogP contribution < -0.4 is 0 Å². The molecule has 1 fully saturated rings. The van der Waals surface area contributed by atoms with Crippen LogP contribution in [0.4, 0.5) is 8.78 Å². The molecule has 0 bridgehead atoms. The predicted octanol–water partition coefficient (Wildman–Crippen LogP) is 0.723. The number of carbonyl (C=O) groups is 1. The van der Waals surface area contributed by atoms with Crippen LogP contribution in [0.15, 0.2) is 0 Å². The monoisotopic (exact) mass is 224 g/mol. The number of aliphatic hydroxyl groups excluding tert-OH is 1. The van der Waals surface area contributed by atoms with Crippen molar-refractivity contribution in [3.8, 4) is 0 Å². The SMILES string of the molecule is CC(=O)C(F)(F)C(O)[C@H]1COC(C)(C)O1. The Morgan fingerprint density at radius 3 is 2.47 bits per heavy atom. The first-order chi connectivity index (χ1) is 6.67. The molecule has 1 aliphatic heterocycles. The molecular formula is C9H14F2O4. The molecule has 4 nitrogen and oxygen atoms in total. The average molecular weight is 224 g/mol. The lowest BCUT2D eigenvalue weighted by Crippen LogP contribution is -2.48. The minimum atomic E-state index is -3.80. The number of alkyl halides is 2. The number of Topliss-reactive ketones (excluding diaryl/α,β-unsaturated/α-hetero) is 1. The zero-order chi connectivity index (χ0) is 11.9. The largest absolute Gasteiger partial charge is 0.383 e. The summed E-state index contributed by atoms with van der Waals surface area (Å²) in [5, 5.41) is 9.30. The Kier molecular flexibility index (Phi) is 3.14. The fraction of sp³-hybridized carbons (Fsp3) is 0.889. The Labute approximate surface area is 86.2 Å². The molecule has 1 unspecified atom stereocenters. The van der Waals surface area contributed by atoms with Crippen LogP contribution in [0.25, 0.3) is 0 Å². The van der Waals surface area contributed by atoms with Gasteiger partial charge in [0.1, 0.15) is 6.10 Å². The molecule has 0 radical (unpaired) electrons. The molecule has 1 heterocycles. The highest BCUT2D eigenvalue weighted by Crippen LogP contribution is 2.31. The number of rotatable bonds is 3. The molecule has 1 aliphatic rings. The molecule has 88 valence electrons. The van der Waals surface area contributed by atoms with Crippen molar-refractivity contribution in [2.45, 2.75) is 44.7 Å². The molecule has 15 heavy (non-hydrogen) atoms. The number of halogens is 2. The summed E-state index contributed by atoms with van der Waals surface area (Å²) in [5.41, 5.74) is 0. The highest BCUT2D eigenvalue weighted by atomic mass is 19.3. The Hall–Kier alpha value is -0.590. The number of carbonyl (C=O) groups excluding carboxylic acids is 1. The Morgan fingerprint density at radius 2 is 2.13 bits per heavy atom. The van der Waals surface area contributed by atoms with Gasteiger partial charge in [0, 0.05) is 6.92 Å². The Morgan fingerprint density at radius 1 is 1.60 bits per heavy atom. The Balaban J connectivity index is 2.70. The van der Waals surface area contributed by atoms with E-state index in [-0.39, 0.29) is 6.61 Å². The quantitative estimate of drug-likeness (QED) is 0.767. The molecule has 0 aromatic rings. The standard InChI is InChI=1S/C9H14F2O4/c1-5(12)9(10,11)7(13)6-4-14-8(2,3)15-6/h6-7,13H,4H2,1-3H3/t6-,7?/m1/s1. The van der Waals surface area contributed by atoms with Crippen LogP contribution in [0.5, 0.6) is 0 Å². The van der Waals surface area contributed by atoms with E-state index in [4.69, 9.17) is 9.47 Å². The van der Waals surface area contributed by atoms with Crippen molar-refractivity contribution in [2.24, 2.45) is 0 Å². The van der Waals surface area contributed by atoms with E-state index in [9.17, 15) is 18.7 Å². The summed E-state index contributed by atoms with van der Waals surface area (Å²) in [5.74, 6) is -6.18. The van der Waals surface area contributed by atoms with Crippen molar-refractivity contribution in [3.63, 3.8) is 0 Å². The number of aliphatic hydroxyl groups is 1. The highest BCUT2D eigenvalue weighted by Gasteiger charge is 2.51. The maximum Gasteiger partial charge on any atom is 0.332 e. The van der Waals surface area contributed by atoms with Crippen LogP contribution in [0.3, 0.4) is 0 Å². The van der Waals surface area contributed by atoms with E-state index in [0.717, 1.165) is 6.92 Å². The molecule has 0 aliphatic carbocycles. The number of hydrogen-bond acceptors (Lipinski definition) is 4. The molecule has 6 heteroatoms. The van der Waals surface area contributed by atoms with Gasteiger partial charge in [0.2, 0.25) is 5.78 Å². The van der Waals surface area contributed by atoms with E-state index in [2.05, 4.69) is 0 Å². The minimum absolute atomic E-state index is 0.156. The molecule has 0 spiro atoms. The lowest BCUT2D eigenvalue weighted by atomic mass is 10.0. The van der Waals surface area contributed by atoms with Crippen LogP contribution in [0.1, 0.15) is 20.8 Å². The summed E-state index contributed by atoms with van der Waals surface area (Å²) in [4.78, 5) is 10.6. The third-order valence-electron chi connectivity index (χ3n) is 2.22. The fourth-order valence-corrected chi connectivity index (χ4v) is 1.31. The van der Waals surface area contributed by atoms with Gasteiger partial charge in [0.05, 0.1) is 6.61 Å². The molecule has 1 rings (SSSR count). The lowest BCUT2D eigenvalue weighted by molar-refractivity contribution is -0.192. The van der Waals surface area contributed by atoms with Gasteiger partial charge in [-0.25, -0.2) is 0 Å². The molecule has 2 atom stereocenters. The average Bonchev–Trinajstić information content (AvgIpc) is 2.44. The first-order valence-electron chi connectivity index (χ1n) is 4.55.